The lowest BCUT2D eigenvalue weighted by molar-refractivity contribution is -0.146. The Labute approximate surface area is 122 Å². The topological polar surface area (TPSA) is 42.0 Å². The summed E-state index contributed by atoms with van der Waals surface area (Å²) < 4.78 is 5.82. The Kier molecular flexibility index (Phi) is 5.27. The van der Waals surface area contributed by atoms with Crippen LogP contribution in [0, 0.1) is 0 Å². The number of amides is 1. The molecule has 0 N–H and O–H groups in total. The van der Waals surface area contributed by atoms with Gasteiger partial charge in [-0.25, -0.2) is 4.79 Å². The van der Waals surface area contributed by atoms with Gasteiger partial charge in [-0.2, -0.15) is 0 Å². The van der Waals surface area contributed by atoms with E-state index in [0.29, 0.717) is 6.61 Å². The van der Waals surface area contributed by atoms with Crippen molar-refractivity contribution in [2.45, 2.75) is 64.5 Å². The highest BCUT2D eigenvalue weighted by Gasteiger charge is 2.31. The molecule has 1 amide bonds. The van der Waals surface area contributed by atoms with Gasteiger partial charge in [0.1, 0.15) is 0 Å². The number of hydrogen-bond acceptors (Lipinski definition) is 4. The van der Waals surface area contributed by atoms with Gasteiger partial charge in [0, 0.05) is 19.6 Å². The molecule has 1 unspecified atom stereocenters. The van der Waals surface area contributed by atoms with Crippen LogP contribution in [0.2, 0.25) is 0 Å². The van der Waals surface area contributed by atoms with Crippen LogP contribution in [0.3, 0.4) is 0 Å². The number of hydrogen-bond donors (Lipinski definition) is 0. The van der Waals surface area contributed by atoms with E-state index in [1.54, 1.807) is 0 Å². The largest absolute Gasteiger partial charge is 0.428 e. The molecule has 0 aromatic heterocycles. The average molecular weight is 284 g/mol. The number of hydroxylamine groups is 2. The maximum atomic E-state index is 12.1. The van der Waals surface area contributed by atoms with Crippen molar-refractivity contribution in [1.82, 2.24) is 9.96 Å². The highest BCUT2D eigenvalue weighted by atomic mass is 16.7. The van der Waals surface area contributed by atoms with E-state index in [1.807, 2.05) is 30.7 Å². The molecule has 2 saturated heterocycles. The Morgan fingerprint density at radius 3 is 2.45 bits per heavy atom. The number of carbonyl (C=O) groups is 1. The molecule has 1 atom stereocenters. The van der Waals surface area contributed by atoms with Crippen molar-refractivity contribution in [2.24, 2.45) is 0 Å². The first kappa shape index (κ1) is 15.6. The molecule has 0 aromatic carbocycles. The second-order valence-corrected chi connectivity index (χ2v) is 6.77. The zero-order valence-electron chi connectivity index (χ0n) is 13.1. The first-order valence-electron chi connectivity index (χ1n) is 7.83. The van der Waals surface area contributed by atoms with E-state index in [4.69, 9.17) is 9.57 Å². The van der Waals surface area contributed by atoms with Gasteiger partial charge < -0.3 is 14.5 Å². The molecule has 2 aliphatic heterocycles. The molecule has 0 bridgehead atoms. The molecule has 0 spiro atoms. The van der Waals surface area contributed by atoms with E-state index in [-0.39, 0.29) is 17.7 Å². The summed E-state index contributed by atoms with van der Waals surface area (Å²) in [7, 11) is 0. The van der Waals surface area contributed by atoms with Crippen LogP contribution in [0.15, 0.2) is 0 Å². The number of ether oxygens (including phenoxy) is 1. The van der Waals surface area contributed by atoms with Gasteiger partial charge in [0.05, 0.1) is 18.2 Å². The van der Waals surface area contributed by atoms with Gasteiger partial charge in [-0.1, -0.05) is 0 Å². The minimum atomic E-state index is -0.188. The van der Waals surface area contributed by atoms with E-state index in [9.17, 15) is 4.79 Å². The highest BCUT2D eigenvalue weighted by Crippen LogP contribution is 2.21. The molecule has 2 fully saturated rings. The van der Waals surface area contributed by atoms with E-state index in [0.717, 1.165) is 45.3 Å². The third-order valence-corrected chi connectivity index (χ3v) is 3.84. The molecule has 20 heavy (non-hydrogen) atoms. The molecular weight excluding hydrogens is 256 g/mol. The first-order chi connectivity index (χ1) is 9.46. The number of nitrogens with zero attached hydrogens (tertiary/aromatic N) is 2. The van der Waals surface area contributed by atoms with Crippen LogP contribution in [0.5, 0.6) is 0 Å². The fourth-order valence-corrected chi connectivity index (χ4v) is 2.68. The molecule has 0 radical (unpaired) electrons. The molecular formula is C15H28N2O3. The van der Waals surface area contributed by atoms with Gasteiger partial charge in [-0.15, -0.1) is 5.06 Å². The molecule has 2 heterocycles. The molecule has 2 rings (SSSR count). The summed E-state index contributed by atoms with van der Waals surface area (Å²) in [5.41, 5.74) is -0.148. The van der Waals surface area contributed by atoms with Crippen molar-refractivity contribution in [3.8, 4) is 0 Å². The quantitative estimate of drug-likeness (QED) is 0.799. The number of rotatable bonds is 3. The van der Waals surface area contributed by atoms with Crippen molar-refractivity contribution < 1.29 is 14.4 Å². The standard InChI is InChI=1S/C15H28N2O3/c1-15(2,3)19-12-13-8-7-11-17(13)20-14(18)16-9-5-4-6-10-16/h13H,4-12H2,1-3H3. The number of piperidine rings is 1. The smallest absolute Gasteiger partial charge is 0.374 e. The van der Waals surface area contributed by atoms with Gasteiger partial charge >= 0.3 is 6.09 Å². The third-order valence-electron chi connectivity index (χ3n) is 3.84. The number of carbonyl (C=O) groups excluding carboxylic acids is 1. The highest BCUT2D eigenvalue weighted by molar-refractivity contribution is 5.67. The van der Waals surface area contributed by atoms with Crippen LogP contribution in [0.1, 0.15) is 52.9 Å². The van der Waals surface area contributed by atoms with Crippen molar-refractivity contribution in [1.29, 1.82) is 0 Å². The van der Waals surface area contributed by atoms with Crippen molar-refractivity contribution in [2.75, 3.05) is 26.2 Å². The summed E-state index contributed by atoms with van der Waals surface area (Å²) in [6.07, 6.45) is 5.30. The van der Waals surface area contributed by atoms with Gasteiger partial charge in [-0.3, -0.25) is 0 Å². The second-order valence-electron chi connectivity index (χ2n) is 6.77. The van der Waals surface area contributed by atoms with Crippen LogP contribution >= 0.6 is 0 Å². The van der Waals surface area contributed by atoms with E-state index >= 15 is 0 Å². The Balaban J connectivity index is 1.79. The Morgan fingerprint density at radius 1 is 1.10 bits per heavy atom. The van der Waals surface area contributed by atoms with Crippen LogP contribution in [0.25, 0.3) is 0 Å². The monoisotopic (exact) mass is 284 g/mol. The second kappa shape index (κ2) is 6.76. The summed E-state index contributed by atoms with van der Waals surface area (Å²) in [4.78, 5) is 19.5. The zero-order valence-corrected chi connectivity index (χ0v) is 13.1. The summed E-state index contributed by atoms with van der Waals surface area (Å²) in [6, 6.07) is 0.197. The predicted octanol–water partition coefficient (Wildman–Crippen LogP) is 2.80. The summed E-state index contributed by atoms with van der Waals surface area (Å²) >= 11 is 0. The van der Waals surface area contributed by atoms with E-state index < -0.39 is 0 Å². The molecule has 0 aliphatic carbocycles. The molecule has 0 saturated carbocycles. The SMILES string of the molecule is CC(C)(C)OCC1CCCN1OC(=O)N1CCCCC1. The van der Waals surface area contributed by atoms with Gasteiger partial charge in [-0.05, 0) is 52.9 Å². The van der Waals surface area contributed by atoms with Crippen LogP contribution < -0.4 is 0 Å². The minimum Gasteiger partial charge on any atom is -0.374 e. The maximum Gasteiger partial charge on any atom is 0.428 e. The Morgan fingerprint density at radius 2 is 1.80 bits per heavy atom. The van der Waals surface area contributed by atoms with E-state index in [2.05, 4.69) is 0 Å². The molecule has 2 aliphatic rings. The van der Waals surface area contributed by atoms with Gasteiger partial charge in [0.25, 0.3) is 0 Å². The van der Waals surface area contributed by atoms with Crippen LogP contribution in [-0.2, 0) is 9.57 Å². The molecule has 5 heteroatoms. The van der Waals surface area contributed by atoms with Crippen molar-refractivity contribution >= 4 is 6.09 Å². The van der Waals surface area contributed by atoms with Gasteiger partial charge in [0.2, 0.25) is 0 Å². The van der Waals surface area contributed by atoms with Crippen molar-refractivity contribution in [3.05, 3.63) is 0 Å². The lowest BCUT2D eigenvalue weighted by Gasteiger charge is -2.31. The van der Waals surface area contributed by atoms with Gasteiger partial charge in [0.15, 0.2) is 0 Å². The molecule has 116 valence electrons. The lowest BCUT2D eigenvalue weighted by atomic mass is 10.1. The maximum absolute atomic E-state index is 12.1. The third kappa shape index (κ3) is 4.63. The fourth-order valence-electron chi connectivity index (χ4n) is 2.68. The van der Waals surface area contributed by atoms with Crippen LogP contribution in [0.4, 0.5) is 4.79 Å². The average Bonchev–Trinajstić information content (AvgIpc) is 2.84. The predicted molar refractivity (Wildman–Crippen MR) is 77.3 cm³/mol. The van der Waals surface area contributed by atoms with Crippen molar-refractivity contribution in [3.63, 3.8) is 0 Å². The Bertz CT molecular complexity index is 322. The first-order valence-corrected chi connectivity index (χ1v) is 7.83. The summed E-state index contributed by atoms with van der Waals surface area (Å²) in [5.74, 6) is 0. The van der Waals surface area contributed by atoms with E-state index in [1.165, 1.54) is 6.42 Å². The Hall–Kier alpha value is -0.810. The summed E-state index contributed by atoms with van der Waals surface area (Å²) in [5, 5.41) is 1.82. The number of likely N-dealkylation sites (tertiary alicyclic amines) is 1. The van der Waals surface area contributed by atoms with Crippen LogP contribution in [-0.4, -0.2) is 53.9 Å². The molecule has 0 aromatic rings. The fraction of sp³-hybridized carbons (Fsp3) is 0.933. The summed E-state index contributed by atoms with van der Waals surface area (Å²) in [6.45, 7) is 9.24. The normalized spacial score (nSPS) is 24.9. The zero-order chi connectivity index (χ0) is 14.6. The minimum absolute atomic E-state index is 0.148. The molecule has 5 nitrogen and oxygen atoms in total. The lowest BCUT2D eigenvalue weighted by Crippen LogP contribution is -2.43.